The van der Waals surface area contributed by atoms with Crippen molar-refractivity contribution in [2.45, 2.75) is 45.6 Å². The van der Waals surface area contributed by atoms with Gasteiger partial charge in [0.25, 0.3) is 5.56 Å². The summed E-state index contributed by atoms with van der Waals surface area (Å²) in [6.07, 6.45) is 1.97. The van der Waals surface area contributed by atoms with Gasteiger partial charge in [-0.1, -0.05) is 6.92 Å². The van der Waals surface area contributed by atoms with E-state index in [0.29, 0.717) is 59.8 Å². The molecule has 4 aromatic rings. The molecule has 0 aliphatic carbocycles. The highest BCUT2D eigenvalue weighted by molar-refractivity contribution is 6.04. The molecule has 0 saturated heterocycles. The molecule has 2 aromatic carbocycles. The van der Waals surface area contributed by atoms with Crippen molar-refractivity contribution in [1.29, 1.82) is 0 Å². The minimum absolute atomic E-state index is 0.0134. The number of hydrogen-bond acceptors (Lipinski definition) is 8. The highest BCUT2D eigenvalue weighted by Crippen LogP contribution is 2.34. The Hall–Kier alpha value is -4.61. The zero-order chi connectivity index (χ0) is 28.2. The molecule has 1 amide bonds. The van der Waals surface area contributed by atoms with Gasteiger partial charge >= 0.3 is 0 Å². The quantitative estimate of drug-likeness (QED) is 0.291. The Morgan fingerprint density at radius 1 is 1.00 bits per heavy atom. The number of benzene rings is 2. The van der Waals surface area contributed by atoms with E-state index in [0.717, 1.165) is 0 Å². The Morgan fingerprint density at radius 3 is 2.55 bits per heavy atom. The Bertz CT molecular complexity index is 1660. The number of rotatable bonds is 10. The number of unbranched alkanes of at least 4 members (excludes halogenated alkanes) is 1. The van der Waals surface area contributed by atoms with Gasteiger partial charge in [-0.05, 0) is 43.2 Å². The van der Waals surface area contributed by atoms with Gasteiger partial charge in [-0.25, -0.2) is 19.5 Å². The number of nitrogens with zero attached hydrogens (tertiary/aromatic N) is 4. The van der Waals surface area contributed by atoms with Crippen molar-refractivity contribution >= 4 is 22.7 Å². The third kappa shape index (κ3) is 5.42. The first kappa shape index (κ1) is 27.0. The number of carbonyl (C=O) groups is 1. The standard InChI is InChI=1S/C28H27F2N5O5/c1-3-23-31-27-21(38-2)11-7-17(28(27)40-23)19-9-13-24(37)35(34-19)14-4-5-15-39-20-10-6-16(25(29)26(20)30)18-8-12-22(36)33-32-18/h6-7,9-11,13H,3-5,8,12,14-15H2,1-2H3,(H,33,36). The summed E-state index contributed by atoms with van der Waals surface area (Å²) in [5.74, 6) is -1.54. The molecule has 0 bridgehead atoms. The van der Waals surface area contributed by atoms with Crippen LogP contribution in [-0.4, -0.2) is 40.1 Å². The first-order chi connectivity index (χ1) is 19.4. The van der Waals surface area contributed by atoms with Crippen LogP contribution in [0.1, 0.15) is 44.1 Å². The lowest BCUT2D eigenvalue weighted by Crippen LogP contribution is -2.26. The predicted octanol–water partition coefficient (Wildman–Crippen LogP) is 4.37. The van der Waals surface area contributed by atoms with Crippen molar-refractivity contribution in [2.75, 3.05) is 13.7 Å². The SMILES string of the molecule is CCc1nc2c(OC)ccc(-c3ccc(=O)n(CCCCOc4ccc(C5=NNC(=O)CC5)c(F)c4F)n3)c2o1. The number of aryl methyl sites for hydroxylation is 2. The van der Waals surface area contributed by atoms with Crippen LogP contribution in [0.15, 0.2) is 50.7 Å². The Labute approximate surface area is 227 Å². The average molecular weight is 552 g/mol. The van der Waals surface area contributed by atoms with Gasteiger partial charge in [-0.3, -0.25) is 9.59 Å². The van der Waals surface area contributed by atoms with Gasteiger partial charge < -0.3 is 13.9 Å². The lowest BCUT2D eigenvalue weighted by Gasteiger charge is -2.14. The number of aromatic nitrogens is 3. The van der Waals surface area contributed by atoms with E-state index in [1.165, 1.54) is 22.9 Å². The van der Waals surface area contributed by atoms with Crippen LogP contribution in [0.5, 0.6) is 11.5 Å². The average Bonchev–Trinajstić information content (AvgIpc) is 3.41. The molecule has 3 heterocycles. The van der Waals surface area contributed by atoms with E-state index in [-0.39, 0.29) is 47.9 Å². The zero-order valence-corrected chi connectivity index (χ0v) is 22.0. The van der Waals surface area contributed by atoms with Crippen LogP contribution in [0.3, 0.4) is 0 Å². The summed E-state index contributed by atoms with van der Waals surface area (Å²) in [5.41, 5.74) is 4.60. The molecule has 0 radical (unpaired) electrons. The van der Waals surface area contributed by atoms with E-state index in [1.807, 2.05) is 13.0 Å². The molecule has 40 heavy (non-hydrogen) atoms. The monoisotopic (exact) mass is 551 g/mol. The van der Waals surface area contributed by atoms with Crippen LogP contribution in [0.25, 0.3) is 22.4 Å². The Morgan fingerprint density at radius 2 is 1.80 bits per heavy atom. The van der Waals surface area contributed by atoms with Gasteiger partial charge in [-0.15, -0.1) is 0 Å². The van der Waals surface area contributed by atoms with Crippen molar-refractivity contribution < 1.29 is 27.5 Å². The maximum atomic E-state index is 14.6. The number of hydrogen-bond donors (Lipinski definition) is 1. The summed E-state index contributed by atoms with van der Waals surface area (Å²) in [6, 6.07) is 9.38. The lowest BCUT2D eigenvalue weighted by atomic mass is 10.0. The summed E-state index contributed by atoms with van der Waals surface area (Å²) in [7, 11) is 1.56. The summed E-state index contributed by atoms with van der Waals surface area (Å²) < 4.78 is 47.3. The first-order valence-electron chi connectivity index (χ1n) is 12.9. The minimum Gasteiger partial charge on any atom is -0.494 e. The number of fused-ring (bicyclic) bond motifs is 1. The Kier molecular flexibility index (Phi) is 7.85. The molecular weight excluding hydrogens is 524 g/mol. The fraction of sp³-hybridized carbons (Fsp3) is 0.321. The number of halogens is 2. The summed E-state index contributed by atoms with van der Waals surface area (Å²) in [5, 5.41) is 8.32. The first-order valence-corrected chi connectivity index (χ1v) is 12.9. The summed E-state index contributed by atoms with van der Waals surface area (Å²) in [6.45, 7) is 2.35. The van der Waals surface area contributed by atoms with Crippen LogP contribution in [0, 0.1) is 11.6 Å². The van der Waals surface area contributed by atoms with Crippen LogP contribution < -0.4 is 20.5 Å². The second-order valence-corrected chi connectivity index (χ2v) is 9.12. The second-order valence-electron chi connectivity index (χ2n) is 9.12. The number of ether oxygens (including phenoxy) is 2. The minimum atomic E-state index is -1.12. The number of oxazole rings is 1. The van der Waals surface area contributed by atoms with E-state index in [9.17, 15) is 18.4 Å². The van der Waals surface area contributed by atoms with Crippen molar-refractivity contribution in [2.24, 2.45) is 5.10 Å². The number of hydrazone groups is 1. The van der Waals surface area contributed by atoms with Crippen molar-refractivity contribution in [3.8, 4) is 22.8 Å². The third-order valence-electron chi connectivity index (χ3n) is 6.50. The zero-order valence-electron chi connectivity index (χ0n) is 22.0. The molecule has 12 heteroatoms. The normalized spacial score (nSPS) is 13.3. The van der Waals surface area contributed by atoms with E-state index in [1.54, 1.807) is 19.2 Å². The van der Waals surface area contributed by atoms with Gasteiger partial charge in [0, 0.05) is 43.0 Å². The fourth-order valence-corrected chi connectivity index (χ4v) is 4.38. The molecule has 1 aliphatic heterocycles. The molecular formula is C28H27F2N5O5. The molecule has 0 unspecified atom stereocenters. The second kappa shape index (κ2) is 11.6. The molecule has 10 nitrogen and oxygen atoms in total. The number of nitrogens with one attached hydrogen (secondary N) is 1. The predicted molar refractivity (Wildman–Crippen MR) is 142 cm³/mol. The molecule has 5 rings (SSSR count). The molecule has 0 spiro atoms. The summed E-state index contributed by atoms with van der Waals surface area (Å²) in [4.78, 5) is 28.2. The molecule has 0 fully saturated rings. The molecule has 0 saturated carbocycles. The fourth-order valence-electron chi connectivity index (χ4n) is 4.38. The molecule has 2 aromatic heterocycles. The van der Waals surface area contributed by atoms with E-state index >= 15 is 0 Å². The van der Waals surface area contributed by atoms with Crippen LogP contribution in [0.4, 0.5) is 8.78 Å². The van der Waals surface area contributed by atoms with Crippen molar-refractivity contribution in [1.82, 2.24) is 20.2 Å². The number of amides is 1. The van der Waals surface area contributed by atoms with Gasteiger partial charge in [0.15, 0.2) is 28.6 Å². The molecule has 1 N–H and O–H groups in total. The summed E-state index contributed by atoms with van der Waals surface area (Å²) >= 11 is 0. The van der Waals surface area contributed by atoms with Crippen LogP contribution >= 0.6 is 0 Å². The van der Waals surface area contributed by atoms with Crippen molar-refractivity contribution in [3.05, 3.63) is 69.8 Å². The van der Waals surface area contributed by atoms with E-state index < -0.39 is 11.6 Å². The Balaban J connectivity index is 1.23. The van der Waals surface area contributed by atoms with Crippen molar-refractivity contribution in [3.63, 3.8) is 0 Å². The van der Waals surface area contributed by atoms with Crippen LogP contribution in [-0.2, 0) is 17.8 Å². The van der Waals surface area contributed by atoms with Gasteiger partial charge in [0.1, 0.15) is 5.75 Å². The molecule has 1 aliphatic rings. The third-order valence-corrected chi connectivity index (χ3v) is 6.50. The molecule has 0 atom stereocenters. The maximum absolute atomic E-state index is 14.6. The smallest absolute Gasteiger partial charge is 0.266 e. The van der Waals surface area contributed by atoms with Gasteiger partial charge in [0.05, 0.1) is 25.1 Å². The number of methoxy groups -OCH3 is 1. The largest absolute Gasteiger partial charge is 0.494 e. The topological polar surface area (TPSA) is 121 Å². The molecule has 208 valence electrons. The van der Waals surface area contributed by atoms with Gasteiger partial charge in [-0.2, -0.15) is 14.6 Å². The highest BCUT2D eigenvalue weighted by Gasteiger charge is 2.21. The van der Waals surface area contributed by atoms with E-state index in [4.69, 9.17) is 13.9 Å². The number of carbonyl (C=O) groups excluding carboxylic acids is 1. The van der Waals surface area contributed by atoms with E-state index in [2.05, 4.69) is 20.6 Å². The lowest BCUT2D eigenvalue weighted by molar-refractivity contribution is -0.121. The van der Waals surface area contributed by atoms with Crippen LogP contribution in [0.2, 0.25) is 0 Å². The highest BCUT2D eigenvalue weighted by atomic mass is 19.2. The van der Waals surface area contributed by atoms with Gasteiger partial charge in [0.2, 0.25) is 11.7 Å². The maximum Gasteiger partial charge on any atom is 0.266 e.